The number of nitrogens with two attached hydrogens (primary N) is 1. The van der Waals surface area contributed by atoms with Gasteiger partial charge in [-0.15, -0.1) is 0 Å². The summed E-state index contributed by atoms with van der Waals surface area (Å²) in [6.45, 7) is 11.4. The van der Waals surface area contributed by atoms with Crippen molar-refractivity contribution in [3.05, 3.63) is 29.3 Å². The minimum Gasteiger partial charge on any atom is -0.444 e. The highest BCUT2D eigenvalue weighted by atomic mass is 16.6. The fourth-order valence-corrected chi connectivity index (χ4v) is 1.93. The lowest BCUT2D eigenvalue weighted by atomic mass is 9.94. The second kappa shape index (κ2) is 5.73. The maximum atomic E-state index is 11.8. The third-order valence-electron chi connectivity index (χ3n) is 2.83. The molecule has 0 aliphatic heterocycles. The maximum Gasteiger partial charge on any atom is 0.408 e. The Bertz CT molecular complexity index is 488. The van der Waals surface area contributed by atoms with E-state index in [2.05, 4.69) is 5.32 Å². The summed E-state index contributed by atoms with van der Waals surface area (Å²) in [4.78, 5) is 11.8. The highest BCUT2D eigenvalue weighted by Gasteiger charge is 2.24. The third kappa shape index (κ3) is 5.51. The van der Waals surface area contributed by atoms with E-state index in [0.717, 1.165) is 16.8 Å². The van der Waals surface area contributed by atoms with E-state index in [9.17, 15) is 4.79 Å². The zero-order valence-corrected chi connectivity index (χ0v) is 13.3. The van der Waals surface area contributed by atoms with E-state index < -0.39 is 17.2 Å². The molecule has 1 amide bonds. The molecule has 0 unspecified atom stereocenters. The molecule has 0 heterocycles. The SMILES string of the molecule is Cc1ccc(CC(C)(C)NC(=O)OC(C)(C)C)cc1N. The molecule has 4 heteroatoms. The van der Waals surface area contributed by atoms with Crippen LogP contribution in [0.2, 0.25) is 0 Å². The molecule has 0 aliphatic carbocycles. The number of carbonyl (C=O) groups is 1. The lowest BCUT2D eigenvalue weighted by Gasteiger charge is -2.29. The van der Waals surface area contributed by atoms with Crippen molar-refractivity contribution in [1.82, 2.24) is 5.32 Å². The van der Waals surface area contributed by atoms with E-state index in [1.807, 2.05) is 59.7 Å². The third-order valence-corrected chi connectivity index (χ3v) is 2.83. The molecule has 0 fully saturated rings. The van der Waals surface area contributed by atoms with Gasteiger partial charge in [0.1, 0.15) is 5.60 Å². The van der Waals surface area contributed by atoms with Crippen LogP contribution in [0.4, 0.5) is 10.5 Å². The minimum atomic E-state index is -0.492. The van der Waals surface area contributed by atoms with E-state index in [-0.39, 0.29) is 0 Å². The molecule has 0 saturated heterocycles. The predicted octanol–water partition coefficient (Wildman–Crippen LogP) is 3.42. The average molecular weight is 278 g/mol. The van der Waals surface area contributed by atoms with Crippen molar-refractivity contribution in [2.45, 2.75) is 59.1 Å². The summed E-state index contributed by atoms with van der Waals surface area (Å²) < 4.78 is 5.28. The Morgan fingerprint density at radius 3 is 2.35 bits per heavy atom. The van der Waals surface area contributed by atoms with Gasteiger partial charge in [-0.1, -0.05) is 12.1 Å². The van der Waals surface area contributed by atoms with Gasteiger partial charge in [0.25, 0.3) is 0 Å². The highest BCUT2D eigenvalue weighted by molar-refractivity contribution is 5.68. The van der Waals surface area contributed by atoms with Crippen LogP contribution in [-0.2, 0) is 11.2 Å². The fraction of sp³-hybridized carbons (Fsp3) is 0.562. The molecule has 112 valence electrons. The van der Waals surface area contributed by atoms with E-state index in [1.165, 1.54) is 0 Å². The average Bonchev–Trinajstić information content (AvgIpc) is 2.18. The largest absolute Gasteiger partial charge is 0.444 e. The zero-order chi connectivity index (χ0) is 15.6. The Kier molecular flexibility index (Phi) is 4.69. The summed E-state index contributed by atoms with van der Waals surface area (Å²) in [5, 5.41) is 2.89. The van der Waals surface area contributed by atoms with Crippen molar-refractivity contribution in [1.29, 1.82) is 0 Å². The number of aryl methyl sites for hydroxylation is 1. The maximum absolute atomic E-state index is 11.8. The first-order chi connectivity index (χ1) is 8.98. The van der Waals surface area contributed by atoms with Gasteiger partial charge in [-0.3, -0.25) is 0 Å². The van der Waals surface area contributed by atoms with Gasteiger partial charge >= 0.3 is 6.09 Å². The number of nitrogens with one attached hydrogen (secondary N) is 1. The first-order valence-corrected chi connectivity index (χ1v) is 6.85. The topological polar surface area (TPSA) is 64.3 Å². The molecule has 0 atom stereocenters. The van der Waals surface area contributed by atoms with Crippen LogP contribution in [0.25, 0.3) is 0 Å². The molecule has 1 rings (SSSR count). The standard InChI is InChI=1S/C16H26N2O2/c1-11-7-8-12(9-13(11)17)10-16(5,6)18-14(19)20-15(2,3)4/h7-9H,10,17H2,1-6H3,(H,18,19). The van der Waals surface area contributed by atoms with Crippen LogP contribution in [-0.4, -0.2) is 17.2 Å². The van der Waals surface area contributed by atoms with Crippen LogP contribution in [0.5, 0.6) is 0 Å². The number of hydrogen-bond acceptors (Lipinski definition) is 3. The molecule has 0 bridgehead atoms. The fourth-order valence-electron chi connectivity index (χ4n) is 1.93. The first-order valence-electron chi connectivity index (χ1n) is 6.85. The molecule has 0 spiro atoms. The molecule has 4 nitrogen and oxygen atoms in total. The number of anilines is 1. The normalized spacial score (nSPS) is 12.1. The van der Waals surface area contributed by atoms with Gasteiger partial charge in [-0.05, 0) is 65.2 Å². The molecule has 0 aliphatic rings. The summed E-state index contributed by atoms with van der Waals surface area (Å²) in [5.41, 5.74) is 7.95. The molecular weight excluding hydrogens is 252 g/mol. The van der Waals surface area contributed by atoms with Crippen LogP contribution in [0.15, 0.2) is 18.2 Å². The molecule has 0 aromatic heterocycles. The second-order valence-corrected chi connectivity index (χ2v) is 6.88. The van der Waals surface area contributed by atoms with Crippen LogP contribution in [0.1, 0.15) is 45.7 Å². The van der Waals surface area contributed by atoms with Crippen LogP contribution < -0.4 is 11.1 Å². The monoisotopic (exact) mass is 278 g/mol. The highest BCUT2D eigenvalue weighted by Crippen LogP contribution is 2.18. The van der Waals surface area contributed by atoms with Gasteiger partial charge in [0.2, 0.25) is 0 Å². The van der Waals surface area contributed by atoms with Crippen LogP contribution in [0.3, 0.4) is 0 Å². The quantitative estimate of drug-likeness (QED) is 0.833. The Hall–Kier alpha value is -1.71. The van der Waals surface area contributed by atoms with Crippen LogP contribution >= 0.6 is 0 Å². The Morgan fingerprint density at radius 2 is 1.85 bits per heavy atom. The molecular formula is C16H26N2O2. The minimum absolute atomic E-state index is 0.399. The number of rotatable bonds is 3. The molecule has 1 aromatic rings. The van der Waals surface area contributed by atoms with Crippen molar-refractivity contribution in [3.63, 3.8) is 0 Å². The molecule has 3 N–H and O–H groups in total. The number of carbonyl (C=O) groups excluding carboxylic acids is 1. The molecule has 1 aromatic carbocycles. The second-order valence-electron chi connectivity index (χ2n) is 6.88. The van der Waals surface area contributed by atoms with Crippen molar-refractivity contribution < 1.29 is 9.53 Å². The van der Waals surface area contributed by atoms with Gasteiger partial charge < -0.3 is 15.8 Å². The van der Waals surface area contributed by atoms with Gasteiger partial charge in [0, 0.05) is 11.2 Å². The van der Waals surface area contributed by atoms with Gasteiger partial charge in [0.15, 0.2) is 0 Å². The summed E-state index contributed by atoms with van der Waals surface area (Å²) in [5.74, 6) is 0. The summed E-state index contributed by atoms with van der Waals surface area (Å²) >= 11 is 0. The van der Waals surface area contributed by atoms with Gasteiger partial charge in [-0.25, -0.2) is 4.79 Å². The number of benzene rings is 1. The van der Waals surface area contributed by atoms with E-state index in [0.29, 0.717) is 6.42 Å². The number of ether oxygens (including phenoxy) is 1. The van der Waals surface area contributed by atoms with E-state index >= 15 is 0 Å². The Labute approximate surface area is 121 Å². The lowest BCUT2D eigenvalue weighted by Crippen LogP contribution is -2.47. The molecule has 20 heavy (non-hydrogen) atoms. The number of hydrogen-bond donors (Lipinski definition) is 2. The summed E-state index contributed by atoms with van der Waals surface area (Å²) in [6.07, 6.45) is 0.291. The number of amides is 1. The van der Waals surface area contributed by atoms with E-state index in [4.69, 9.17) is 10.5 Å². The summed E-state index contributed by atoms with van der Waals surface area (Å²) in [7, 11) is 0. The smallest absolute Gasteiger partial charge is 0.408 e. The lowest BCUT2D eigenvalue weighted by molar-refractivity contribution is 0.0472. The predicted molar refractivity (Wildman–Crippen MR) is 82.7 cm³/mol. The van der Waals surface area contributed by atoms with Gasteiger partial charge in [-0.2, -0.15) is 0 Å². The van der Waals surface area contributed by atoms with Crippen molar-refractivity contribution >= 4 is 11.8 Å². The Balaban J connectivity index is 2.69. The van der Waals surface area contributed by atoms with Crippen LogP contribution in [0, 0.1) is 6.92 Å². The number of nitrogen functional groups attached to an aromatic ring is 1. The Morgan fingerprint density at radius 1 is 1.25 bits per heavy atom. The van der Waals surface area contributed by atoms with Crippen molar-refractivity contribution in [2.75, 3.05) is 5.73 Å². The zero-order valence-electron chi connectivity index (χ0n) is 13.3. The first kappa shape index (κ1) is 16.3. The molecule has 0 radical (unpaired) electrons. The van der Waals surface area contributed by atoms with E-state index in [1.54, 1.807) is 0 Å². The van der Waals surface area contributed by atoms with Gasteiger partial charge in [0.05, 0.1) is 0 Å². The number of alkyl carbamates (subject to hydrolysis) is 1. The van der Waals surface area contributed by atoms with Crippen molar-refractivity contribution in [2.24, 2.45) is 0 Å². The van der Waals surface area contributed by atoms with Crippen molar-refractivity contribution in [3.8, 4) is 0 Å². The molecule has 0 saturated carbocycles. The summed E-state index contributed by atoms with van der Waals surface area (Å²) in [6, 6.07) is 5.98.